The second-order valence-corrected chi connectivity index (χ2v) is 5.76. The zero-order valence-electron chi connectivity index (χ0n) is 14.9. The summed E-state index contributed by atoms with van der Waals surface area (Å²) in [5.74, 6) is -0.869. The van der Waals surface area contributed by atoms with Crippen molar-refractivity contribution in [3.05, 3.63) is 0 Å². The van der Waals surface area contributed by atoms with Crippen molar-refractivity contribution in [1.29, 1.82) is 0 Å². The van der Waals surface area contributed by atoms with Crippen molar-refractivity contribution < 1.29 is 23.8 Å². The summed E-state index contributed by atoms with van der Waals surface area (Å²) in [6.07, 6.45) is 11.8. The molecular formula is C18H34O5. The standard InChI is InChI=1S/C18H34O5/c1-3-5-6-7-8-9-10-11-12-14-23-18(20)16-21-15-17(19)22-13-4-2/h3-16H2,1-2H3. The Morgan fingerprint density at radius 2 is 1.09 bits per heavy atom. The molecule has 136 valence electrons. The van der Waals surface area contributed by atoms with Gasteiger partial charge in [-0.3, -0.25) is 0 Å². The van der Waals surface area contributed by atoms with E-state index < -0.39 is 11.9 Å². The van der Waals surface area contributed by atoms with E-state index in [2.05, 4.69) is 6.92 Å². The van der Waals surface area contributed by atoms with E-state index in [9.17, 15) is 9.59 Å². The van der Waals surface area contributed by atoms with Gasteiger partial charge in [-0.05, 0) is 12.8 Å². The minimum atomic E-state index is -0.446. The summed E-state index contributed by atoms with van der Waals surface area (Å²) in [7, 11) is 0. The lowest BCUT2D eigenvalue weighted by Gasteiger charge is -2.06. The monoisotopic (exact) mass is 330 g/mol. The molecule has 0 aliphatic rings. The average molecular weight is 330 g/mol. The predicted molar refractivity (Wildman–Crippen MR) is 90.3 cm³/mol. The summed E-state index contributed by atoms with van der Waals surface area (Å²) in [5.41, 5.74) is 0. The van der Waals surface area contributed by atoms with Crippen molar-refractivity contribution in [2.24, 2.45) is 0 Å². The predicted octanol–water partition coefficient (Wildman–Crippen LogP) is 4.03. The quantitative estimate of drug-likeness (QED) is 0.316. The molecule has 23 heavy (non-hydrogen) atoms. The van der Waals surface area contributed by atoms with Crippen molar-refractivity contribution >= 4 is 11.9 Å². The van der Waals surface area contributed by atoms with Crippen LogP contribution in [0.4, 0.5) is 0 Å². The van der Waals surface area contributed by atoms with Crippen molar-refractivity contribution in [3.63, 3.8) is 0 Å². The van der Waals surface area contributed by atoms with E-state index in [-0.39, 0.29) is 13.2 Å². The van der Waals surface area contributed by atoms with Crippen LogP contribution in [0.15, 0.2) is 0 Å². The molecule has 0 aliphatic heterocycles. The van der Waals surface area contributed by atoms with E-state index in [1.54, 1.807) is 0 Å². The van der Waals surface area contributed by atoms with Gasteiger partial charge in [0.25, 0.3) is 0 Å². The third-order valence-electron chi connectivity index (χ3n) is 3.42. The number of ether oxygens (including phenoxy) is 3. The highest BCUT2D eigenvalue weighted by atomic mass is 16.6. The van der Waals surface area contributed by atoms with Crippen molar-refractivity contribution in [2.75, 3.05) is 26.4 Å². The summed E-state index contributed by atoms with van der Waals surface area (Å²) in [6.45, 7) is 4.55. The lowest BCUT2D eigenvalue weighted by Crippen LogP contribution is -2.19. The Balaban J connectivity index is 3.26. The SMILES string of the molecule is CCCCCCCCCCCOC(=O)COCC(=O)OCCC. The first-order valence-corrected chi connectivity index (χ1v) is 9.09. The van der Waals surface area contributed by atoms with Gasteiger partial charge < -0.3 is 14.2 Å². The molecule has 0 unspecified atom stereocenters. The Hall–Kier alpha value is -1.10. The number of rotatable bonds is 16. The zero-order valence-corrected chi connectivity index (χ0v) is 14.9. The number of unbranched alkanes of at least 4 members (excludes halogenated alkanes) is 8. The Morgan fingerprint density at radius 1 is 0.609 bits per heavy atom. The summed E-state index contributed by atoms with van der Waals surface area (Å²) in [5, 5.41) is 0. The highest BCUT2D eigenvalue weighted by Gasteiger charge is 2.06. The van der Waals surface area contributed by atoms with E-state index in [0.29, 0.717) is 13.2 Å². The summed E-state index contributed by atoms with van der Waals surface area (Å²) in [6, 6.07) is 0. The fraction of sp³-hybridized carbons (Fsp3) is 0.889. The van der Waals surface area contributed by atoms with Gasteiger partial charge in [-0.2, -0.15) is 0 Å². The minimum Gasteiger partial charge on any atom is -0.464 e. The molecule has 0 radical (unpaired) electrons. The highest BCUT2D eigenvalue weighted by Crippen LogP contribution is 2.09. The number of carbonyl (C=O) groups is 2. The van der Waals surface area contributed by atoms with Crippen LogP contribution < -0.4 is 0 Å². The Labute approximate surface area is 141 Å². The molecule has 0 rings (SSSR count). The molecule has 5 nitrogen and oxygen atoms in total. The number of esters is 2. The lowest BCUT2D eigenvalue weighted by atomic mass is 10.1. The maximum atomic E-state index is 11.4. The fourth-order valence-corrected chi connectivity index (χ4v) is 2.12. The number of carbonyl (C=O) groups excluding carboxylic acids is 2. The van der Waals surface area contributed by atoms with Crippen LogP contribution in [0.3, 0.4) is 0 Å². The molecule has 0 atom stereocenters. The van der Waals surface area contributed by atoms with Crippen LogP contribution in [-0.4, -0.2) is 38.4 Å². The van der Waals surface area contributed by atoms with Crippen LogP contribution in [-0.2, 0) is 23.8 Å². The van der Waals surface area contributed by atoms with E-state index in [1.807, 2.05) is 6.92 Å². The highest BCUT2D eigenvalue weighted by molar-refractivity contribution is 5.73. The fourth-order valence-electron chi connectivity index (χ4n) is 2.12. The maximum absolute atomic E-state index is 11.4. The van der Waals surface area contributed by atoms with E-state index in [4.69, 9.17) is 14.2 Å². The molecule has 0 aromatic carbocycles. The minimum absolute atomic E-state index is 0.196. The van der Waals surface area contributed by atoms with Crippen molar-refractivity contribution in [1.82, 2.24) is 0 Å². The first-order valence-electron chi connectivity index (χ1n) is 9.09. The van der Waals surface area contributed by atoms with Gasteiger partial charge in [-0.1, -0.05) is 65.2 Å². The molecule has 0 fully saturated rings. The molecule has 0 amide bonds. The van der Waals surface area contributed by atoms with Gasteiger partial charge >= 0.3 is 11.9 Å². The van der Waals surface area contributed by atoms with E-state index in [0.717, 1.165) is 19.3 Å². The molecule has 0 N–H and O–H groups in total. The van der Waals surface area contributed by atoms with E-state index >= 15 is 0 Å². The number of hydrogen-bond acceptors (Lipinski definition) is 5. The van der Waals surface area contributed by atoms with Gasteiger partial charge in [0, 0.05) is 0 Å². The molecule has 0 spiro atoms. The summed E-state index contributed by atoms with van der Waals surface area (Å²) in [4.78, 5) is 22.5. The van der Waals surface area contributed by atoms with Crippen LogP contribution in [0.1, 0.15) is 78.1 Å². The molecule has 0 bridgehead atoms. The lowest BCUT2D eigenvalue weighted by molar-refractivity contribution is -0.155. The molecule has 0 saturated carbocycles. The molecular weight excluding hydrogens is 296 g/mol. The Morgan fingerprint density at radius 3 is 1.61 bits per heavy atom. The van der Waals surface area contributed by atoms with Gasteiger partial charge in [0.1, 0.15) is 13.2 Å². The molecule has 0 aliphatic carbocycles. The van der Waals surface area contributed by atoms with Gasteiger partial charge in [-0.25, -0.2) is 9.59 Å². The topological polar surface area (TPSA) is 61.8 Å². The average Bonchev–Trinajstić information content (AvgIpc) is 2.54. The molecule has 5 heteroatoms. The molecule has 0 aromatic rings. The van der Waals surface area contributed by atoms with Crippen LogP contribution in [0, 0.1) is 0 Å². The van der Waals surface area contributed by atoms with Crippen molar-refractivity contribution in [2.45, 2.75) is 78.1 Å². The van der Waals surface area contributed by atoms with Crippen LogP contribution in [0.2, 0.25) is 0 Å². The van der Waals surface area contributed by atoms with Crippen LogP contribution in [0.5, 0.6) is 0 Å². The Bertz CT molecular complexity index is 291. The third kappa shape index (κ3) is 17.1. The van der Waals surface area contributed by atoms with Crippen LogP contribution >= 0.6 is 0 Å². The van der Waals surface area contributed by atoms with Gasteiger partial charge in [0.05, 0.1) is 13.2 Å². The van der Waals surface area contributed by atoms with Gasteiger partial charge in [0.15, 0.2) is 0 Å². The van der Waals surface area contributed by atoms with Gasteiger partial charge in [-0.15, -0.1) is 0 Å². The molecule has 0 heterocycles. The largest absolute Gasteiger partial charge is 0.464 e. The van der Waals surface area contributed by atoms with Crippen molar-refractivity contribution in [3.8, 4) is 0 Å². The normalized spacial score (nSPS) is 10.5. The smallest absolute Gasteiger partial charge is 0.332 e. The van der Waals surface area contributed by atoms with Crippen LogP contribution in [0.25, 0.3) is 0 Å². The second kappa shape index (κ2) is 17.3. The first kappa shape index (κ1) is 21.9. The Kier molecular flexibility index (Phi) is 16.4. The second-order valence-electron chi connectivity index (χ2n) is 5.76. The molecule has 0 aromatic heterocycles. The number of hydrogen-bond donors (Lipinski definition) is 0. The third-order valence-corrected chi connectivity index (χ3v) is 3.42. The summed E-state index contributed by atoms with van der Waals surface area (Å²) >= 11 is 0. The molecule has 0 saturated heterocycles. The first-order chi connectivity index (χ1) is 11.2. The zero-order chi connectivity index (χ0) is 17.2. The van der Waals surface area contributed by atoms with E-state index in [1.165, 1.54) is 44.9 Å². The maximum Gasteiger partial charge on any atom is 0.332 e. The van der Waals surface area contributed by atoms with Gasteiger partial charge in [0.2, 0.25) is 0 Å². The summed E-state index contributed by atoms with van der Waals surface area (Å²) < 4.78 is 14.8.